The molecular formula is C24H26N2O4S. The molecule has 0 saturated carbocycles. The van der Waals surface area contributed by atoms with Gasteiger partial charge in [-0.3, -0.25) is 0 Å². The molecule has 6 nitrogen and oxygen atoms in total. The van der Waals surface area contributed by atoms with Crippen LogP contribution in [-0.2, 0) is 16.4 Å². The summed E-state index contributed by atoms with van der Waals surface area (Å²) in [5, 5.41) is 10.2. The summed E-state index contributed by atoms with van der Waals surface area (Å²) in [6.45, 7) is 3.07. The van der Waals surface area contributed by atoms with Crippen molar-refractivity contribution in [2.45, 2.75) is 43.9 Å². The van der Waals surface area contributed by atoms with Gasteiger partial charge in [-0.05, 0) is 49.1 Å². The van der Waals surface area contributed by atoms with Gasteiger partial charge < -0.3 is 5.11 Å². The number of pyridine rings is 1. The van der Waals surface area contributed by atoms with Crippen LogP contribution in [0, 0.1) is 0 Å². The van der Waals surface area contributed by atoms with E-state index in [1.165, 1.54) is 28.1 Å². The lowest BCUT2D eigenvalue weighted by atomic mass is 10.0. The lowest BCUT2D eigenvalue weighted by Gasteiger charge is -2.20. The molecule has 1 aliphatic heterocycles. The Morgan fingerprint density at radius 1 is 1.00 bits per heavy atom. The molecule has 31 heavy (non-hydrogen) atoms. The van der Waals surface area contributed by atoms with Crippen LogP contribution in [0.1, 0.15) is 48.5 Å². The summed E-state index contributed by atoms with van der Waals surface area (Å²) in [4.78, 5) is 16.8. The van der Waals surface area contributed by atoms with Gasteiger partial charge in [-0.25, -0.2) is 18.2 Å². The summed E-state index contributed by atoms with van der Waals surface area (Å²) in [5.41, 5.74) is 3.07. The molecule has 0 spiro atoms. The zero-order valence-corrected chi connectivity index (χ0v) is 18.4. The minimum Gasteiger partial charge on any atom is -0.478 e. The third kappa shape index (κ3) is 4.34. The number of hydrogen-bond donors (Lipinski definition) is 1. The van der Waals surface area contributed by atoms with Crippen LogP contribution in [0.3, 0.4) is 0 Å². The molecular weight excluding hydrogens is 412 g/mol. The Morgan fingerprint density at radius 3 is 2.29 bits per heavy atom. The summed E-state index contributed by atoms with van der Waals surface area (Å²) in [7, 11) is -3.68. The third-order valence-electron chi connectivity index (χ3n) is 5.87. The predicted octanol–water partition coefficient (Wildman–Crippen LogP) is 4.73. The normalized spacial score (nSPS) is 15.6. The SMILES string of the molecule is CCc1ccc(-c2cc(C(=O)O)c3cc(S(=O)(=O)N4CCCCCC4)ccc3n2)cc1. The van der Waals surface area contributed by atoms with Gasteiger partial charge in [0.15, 0.2) is 0 Å². The highest BCUT2D eigenvalue weighted by molar-refractivity contribution is 7.89. The molecule has 3 aromatic rings. The molecule has 162 valence electrons. The van der Waals surface area contributed by atoms with Crippen molar-refractivity contribution in [2.75, 3.05) is 13.1 Å². The van der Waals surface area contributed by atoms with Crippen molar-refractivity contribution < 1.29 is 18.3 Å². The Hall–Kier alpha value is -2.77. The van der Waals surface area contributed by atoms with E-state index in [0.29, 0.717) is 29.7 Å². The molecule has 0 unspecified atom stereocenters. The predicted molar refractivity (Wildman–Crippen MR) is 121 cm³/mol. The minimum atomic E-state index is -3.68. The summed E-state index contributed by atoms with van der Waals surface area (Å²) in [5.74, 6) is -1.11. The second-order valence-electron chi connectivity index (χ2n) is 7.91. The molecule has 0 bridgehead atoms. The molecule has 0 radical (unpaired) electrons. The highest BCUT2D eigenvalue weighted by Gasteiger charge is 2.26. The number of hydrogen-bond acceptors (Lipinski definition) is 4. The second-order valence-corrected chi connectivity index (χ2v) is 9.85. The maximum Gasteiger partial charge on any atom is 0.336 e. The van der Waals surface area contributed by atoms with Crippen molar-refractivity contribution >= 4 is 26.9 Å². The first kappa shape index (κ1) is 21.5. The summed E-state index contributed by atoms with van der Waals surface area (Å²) in [6.07, 6.45) is 4.65. The smallest absolute Gasteiger partial charge is 0.336 e. The Kier molecular flexibility index (Phi) is 6.07. The van der Waals surface area contributed by atoms with Crippen molar-refractivity contribution in [3.05, 3.63) is 59.7 Å². The van der Waals surface area contributed by atoms with Crippen molar-refractivity contribution in [3.8, 4) is 11.3 Å². The van der Waals surface area contributed by atoms with Crippen LogP contribution in [-0.4, -0.2) is 41.9 Å². The molecule has 1 fully saturated rings. The van der Waals surface area contributed by atoms with Gasteiger partial charge in [0.2, 0.25) is 10.0 Å². The van der Waals surface area contributed by atoms with Gasteiger partial charge in [0.1, 0.15) is 0 Å². The van der Waals surface area contributed by atoms with E-state index >= 15 is 0 Å². The molecule has 1 aromatic heterocycles. The zero-order chi connectivity index (χ0) is 22.0. The molecule has 4 rings (SSSR count). The molecule has 0 amide bonds. The van der Waals surface area contributed by atoms with E-state index in [1.807, 2.05) is 24.3 Å². The van der Waals surface area contributed by atoms with Gasteiger partial charge >= 0.3 is 5.97 Å². The molecule has 2 heterocycles. The quantitative estimate of drug-likeness (QED) is 0.622. The number of carboxylic acids is 1. The summed E-state index contributed by atoms with van der Waals surface area (Å²) < 4.78 is 27.9. The van der Waals surface area contributed by atoms with Crippen LogP contribution >= 0.6 is 0 Å². The van der Waals surface area contributed by atoms with E-state index in [1.54, 1.807) is 6.07 Å². The molecule has 1 saturated heterocycles. The van der Waals surface area contributed by atoms with Crippen LogP contribution in [0.5, 0.6) is 0 Å². The number of sulfonamides is 1. The average Bonchev–Trinajstić information content (AvgIpc) is 3.08. The van der Waals surface area contributed by atoms with Gasteiger partial charge in [-0.2, -0.15) is 4.31 Å². The van der Waals surface area contributed by atoms with Crippen molar-refractivity contribution in [2.24, 2.45) is 0 Å². The highest BCUT2D eigenvalue weighted by Crippen LogP contribution is 2.29. The maximum absolute atomic E-state index is 13.2. The number of nitrogens with zero attached hydrogens (tertiary/aromatic N) is 2. The van der Waals surface area contributed by atoms with Crippen LogP contribution in [0.15, 0.2) is 53.4 Å². The van der Waals surface area contributed by atoms with Crippen LogP contribution < -0.4 is 0 Å². The molecule has 0 aliphatic carbocycles. The molecule has 0 atom stereocenters. The van der Waals surface area contributed by atoms with Crippen molar-refractivity contribution in [3.63, 3.8) is 0 Å². The second kappa shape index (κ2) is 8.77. The lowest BCUT2D eigenvalue weighted by molar-refractivity contribution is 0.0699. The van der Waals surface area contributed by atoms with Crippen LogP contribution in [0.2, 0.25) is 0 Å². The molecule has 2 aromatic carbocycles. The summed E-state index contributed by atoms with van der Waals surface area (Å²) >= 11 is 0. The Bertz CT molecular complexity index is 1210. The first-order valence-corrected chi connectivity index (χ1v) is 12.1. The van der Waals surface area contributed by atoms with E-state index in [0.717, 1.165) is 37.7 Å². The molecule has 1 N–H and O–H groups in total. The molecule has 7 heteroatoms. The van der Waals surface area contributed by atoms with Gasteiger partial charge in [0, 0.05) is 24.0 Å². The van der Waals surface area contributed by atoms with Crippen LogP contribution in [0.4, 0.5) is 0 Å². The number of fused-ring (bicyclic) bond motifs is 1. The largest absolute Gasteiger partial charge is 0.478 e. The monoisotopic (exact) mass is 438 g/mol. The lowest BCUT2D eigenvalue weighted by Crippen LogP contribution is -2.31. The fraction of sp³-hybridized carbons (Fsp3) is 0.333. The van der Waals surface area contributed by atoms with Gasteiger partial charge in [0.25, 0.3) is 0 Å². The fourth-order valence-corrected chi connectivity index (χ4v) is 5.58. The maximum atomic E-state index is 13.2. The van der Waals surface area contributed by atoms with E-state index in [9.17, 15) is 18.3 Å². The van der Waals surface area contributed by atoms with E-state index in [4.69, 9.17) is 0 Å². The number of aryl methyl sites for hydroxylation is 1. The summed E-state index contributed by atoms with van der Waals surface area (Å²) in [6, 6.07) is 14.0. The zero-order valence-electron chi connectivity index (χ0n) is 17.5. The number of carbonyl (C=O) groups is 1. The Labute approximate surface area is 182 Å². The highest BCUT2D eigenvalue weighted by atomic mass is 32.2. The number of aromatic nitrogens is 1. The van der Waals surface area contributed by atoms with E-state index in [2.05, 4.69) is 11.9 Å². The third-order valence-corrected chi connectivity index (χ3v) is 7.77. The van der Waals surface area contributed by atoms with Gasteiger partial charge in [-0.1, -0.05) is 44.0 Å². The Morgan fingerprint density at radius 2 is 1.68 bits per heavy atom. The standard InChI is InChI=1S/C24H26N2O4S/c1-2-17-7-9-18(10-8-17)23-16-21(24(27)28)20-15-19(11-12-22(20)25-23)31(29,30)26-13-5-3-4-6-14-26/h7-12,15-16H,2-6,13-14H2,1H3,(H,27,28). The first-order chi connectivity index (χ1) is 14.9. The van der Waals surface area contributed by atoms with Gasteiger partial charge in [0.05, 0.1) is 21.7 Å². The van der Waals surface area contributed by atoms with E-state index in [-0.39, 0.29) is 10.5 Å². The fourth-order valence-electron chi connectivity index (χ4n) is 4.03. The number of benzene rings is 2. The van der Waals surface area contributed by atoms with Crippen LogP contribution in [0.25, 0.3) is 22.2 Å². The Balaban J connectivity index is 1.80. The average molecular weight is 439 g/mol. The number of carboxylic acid groups (broad SMARTS) is 1. The number of rotatable bonds is 5. The minimum absolute atomic E-state index is 0.0486. The topological polar surface area (TPSA) is 87.6 Å². The molecule has 1 aliphatic rings. The first-order valence-electron chi connectivity index (χ1n) is 10.7. The number of aromatic carboxylic acids is 1. The van der Waals surface area contributed by atoms with Gasteiger partial charge in [-0.15, -0.1) is 0 Å². The van der Waals surface area contributed by atoms with Crippen molar-refractivity contribution in [1.82, 2.24) is 9.29 Å². The van der Waals surface area contributed by atoms with Crippen molar-refractivity contribution in [1.29, 1.82) is 0 Å². The van der Waals surface area contributed by atoms with E-state index < -0.39 is 16.0 Å².